The van der Waals surface area contributed by atoms with E-state index < -0.39 is 0 Å². The summed E-state index contributed by atoms with van der Waals surface area (Å²) in [6.45, 7) is 0. The highest BCUT2D eigenvalue weighted by atomic mass is 79.9. The topological polar surface area (TPSA) is 51.4 Å². The minimum absolute atomic E-state index is 0.479. The van der Waals surface area contributed by atoms with Gasteiger partial charge in [-0.25, -0.2) is 0 Å². The summed E-state index contributed by atoms with van der Waals surface area (Å²) in [5.41, 5.74) is 0.846. The molecular weight excluding hydrogens is 286 g/mol. The lowest BCUT2D eigenvalue weighted by atomic mass is 10.2. The second-order valence-electron chi connectivity index (χ2n) is 3.63. The summed E-state index contributed by atoms with van der Waals surface area (Å²) in [7, 11) is 5.32. The van der Waals surface area contributed by atoms with Crippen molar-refractivity contribution >= 4 is 21.9 Å². The quantitative estimate of drug-likeness (QED) is 0.871. The molecule has 0 atom stereocenters. The number of benzene rings is 1. The molecule has 0 aliphatic carbocycles. The molecule has 0 aliphatic heterocycles. The van der Waals surface area contributed by atoms with Crippen LogP contribution >= 0.6 is 15.9 Å². The molecule has 5 nitrogen and oxygen atoms in total. The smallest absolute Gasteiger partial charge is 0.317 e. The molecule has 0 amide bonds. The molecule has 90 valence electrons. The predicted molar refractivity (Wildman–Crippen MR) is 68.3 cm³/mol. The highest BCUT2D eigenvalue weighted by Gasteiger charge is 2.11. The average Bonchev–Trinajstić information content (AvgIpc) is 2.78. The third-order valence-electron chi connectivity index (χ3n) is 2.20. The number of rotatable bonds is 3. The van der Waals surface area contributed by atoms with Gasteiger partial charge in [-0.15, -0.1) is 5.10 Å². The van der Waals surface area contributed by atoms with Gasteiger partial charge >= 0.3 is 6.01 Å². The van der Waals surface area contributed by atoms with Crippen molar-refractivity contribution in [1.82, 2.24) is 10.2 Å². The Morgan fingerprint density at radius 3 is 2.59 bits per heavy atom. The Balaban J connectivity index is 2.36. The first-order chi connectivity index (χ1) is 8.11. The Bertz CT molecular complexity index is 525. The average molecular weight is 298 g/mol. The summed E-state index contributed by atoms with van der Waals surface area (Å²) < 4.78 is 11.5. The SMILES string of the molecule is COc1ccc(-c2nnc(N(C)C)o2)cc1Br. The van der Waals surface area contributed by atoms with Gasteiger partial charge in [-0.05, 0) is 34.1 Å². The molecule has 2 rings (SSSR count). The Morgan fingerprint density at radius 1 is 1.29 bits per heavy atom. The van der Waals surface area contributed by atoms with Gasteiger partial charge in [-0.2, -0.15) is 0 Å². The van der Waals surface area contributed by atoms with E-state index in [0.717, 1.165) is 15.8 Å². The monoisotopic (exact) mass is 297 g/mol. The summed E-state index contributed by atoms with van der Waals surface area (Å²) in [5, 5.41) is 7.91. The minimum atomic E-state index is 0.479. The molecule has 0 saturated heterocycles. The third kappa shape index (κ3) is 2.41. The first-order valence-electron chi connectivity index (χ1n) is 4.96. The van der Waals surface area contributed by atoms with E-state index in [1.807, 2.05) is 32.3 Å². The zero-order valence-corrected chi connectivity index (χ0v) is 11.4. The van der Waals surface area contributed by atoms with Crippen molar-refractivity contribution in [2.75, 3.05) is 26.1 Å². The van der Waals surface area contributed by atoms with Crippen LogP contribution in [0.5, 0.6) is 5.75 Å². The molecule has 0 radical (unpaired) electrons. The van der Waals surface area contributed by atoms with Gasteiger partial charge in [0.05, 0.1) is 11.6 Å². The second-order valence-corrected chi connectivity index (χ2v) is 4.49. The summed E-state index contributed by atoms with van der Waals surface area (Å²) in [6, 6.07) is 6.08. The number of hydrogen-bond donors (Lipinski definition) is 0. The first-order valence-corrected chi connectivity index (χ1v) is 5.76. The largest absolute Gasteiger partial charge is 0.496 e. The molecule has 1 heterocycles. The van der Waals surface area contributed by atoms with Crippen molar-refractivity contribution in [2.24, 2.45) is 0 Å². The zero-order valence-electron chi connectivity index (χ0n) is 9.77. The molecule has 0 aliphatic rings. The van der Waals surface area contributed by atoms with Crippen LogP contribution in [0.1, 0.15) is 0 Å². The van der Waals surface area contributed by atoms with Crippen LogP contribution in [0.3, 0.4) is 0 Å². The van der Waals surface area contributed by atoms with E-state index >= 15 is 0 Å². The lowest BCUT2D eigenvalue weighted by molar-refractivity contribution is 0.412. The van der Waals surface area contributed by atoms with Crippen LogP contribution in [0.4, 0.5) is 6.01 Å². The third-order valence-corrected chi connectivity index (χ3v) is 2.82. The maximum absolute atomic E-state index is 5.50. The first kappa shape index (κ1) is 11.9. The van der Waals surface area contributed by atoms with Crippen LogP contribution < -0.4 is 9.64 Å². The highest BCUT2D eigenvalue weighted by molar-refractivity contribution is 9.10. The summed E-state index contributed by atoms with van der Waals surface area (Å²) >= 11 is 3.42. The van der Waals surface area contributed by atoms with Crippen molar-refractivity contribution in [2.45, 2.75) is 0 Å². The van der Waals surface area contributed by atoms with Crippen LogP contribution in [0, 0.1) is 0 Å². The number of ether oxygens (including phenoxy) is 1. The fourth-order valence-electron chi connectivity index (χ4n) is 1.31. The van der Waals surface area contributed by atoms with Crippen molar-refractivity contribution in [3.8, 4) is 17.2 Å². The molecule has 2 aromatic rings. The van der Waals surface area contributed by atoms with Crippen LogP contribution in [-0.4, -0.2) is 31.4 Å². The van der Waals surface area contributed by atoms with E-state index in [1.165, 1.54) is 0 Å². The van der Waals surface area contributed by atoms with Crippen molar-refractivity contribution in [3.05, 3.63) is 22.7 Å². The maximum atomic E-state index is 5.50. The Hall–Kier alpha value is -1.56. The Labute approximate surface area is 108 Å². The molecule has 0 saturated carbocycles. The number of aromatic nitrogens is 2. The van der Waals surface area contributed by atoms with Crippen LogP contribution in [0.2, 0.25) is 0 Å². The maximum Gasteiger partial charge on any atom is 0.317 e. The van der Waals surface area contributed by atoms with Gasteiger partial charge < -0.3 is 14.1 Å². The van der Waals surface area contributed by atoms with Gasteiger partial charge in [0.1, 0.15) is 5.75 Å². The van der Waals surface area contributed by atoms with E-state index in [-0.39, 0.29) is 0 Å². The molecule has 0 bridgehead atoms. The predicted octanol–water partition coefficient (Wildman–Crippen LogP) is 2.57. The van der Waals surface area contributed by atoms with E-state index in [1.54, 1.807) is 12.0 Å². The van der Waals surface area contributed by atoms with E-state index in [0.29, 0.717) is 11.9 Å². The van der Waals surface area contributed by atoms with Crippen molar-refractivity contribution in [3.63, 3.8) is 0 Å². The molecule has 0 unspecified atom stereocenters. The fourth-order valence-corrected chi connectivity index (χ4v) is 1.85. The number of hydrogen-bond acceptors (Lipinski definition) is 5. The van der Waals surface area contributed by atoms with Gasteiger partial charge in [0.2, 0.25) is 5.89 Å². The van der Waals surface area contributed by atoms with Crippen molar-refractivity contribution < 1.29 is 9.15 Å². The number of methoxy groups -OCH3 is 1. The van der Waals surface area contributed by atoms with Crippen molar-refractivity contribution in [1.29, 1.82) is 0 Å². The van der Waals surface area contributed by atoms with E-state index in [4.69, 9.17) is 9.15 Å². The standard InChI is InChI=1S/C11H12BrN3O2/c1-15(2)11-14-13-10(17-11)7-4-5-9(16-3)8(12)6-7/h4-6H,1-3H3. The molecule has 1 aromatic carbocycles. The van der Waals surface area contributed by atoms with Gasteiger partial charge in [0, 0.05) is 19.7 Å². The van der Waals surface area contributed by atoms with Gasteiger partial charge in [-0.3, -0.25) is 0 Å². The summed E-state index contributed by atoms with van der Waals surface area (Å²) in [4.78, 5) is 1.76. The minimum Gasteiger partial charge on any atom is -0.496 e. The second kappa shape index (κ2) is 4.75. The van der Waals surface area contributed by atoms with Crippen LogP contribution in [0.15, 0.2) is 27.1 Å². The molecule has 0 N–H and O–H groups in total. The number of anilines is 1. The molecule has 0 spiro atoms. The normalized spacial score (nSPS) is 10.4. The van der Waals surface area contributed by atoms with Gasteiger partial charge in [-0.1, -0.05) is 5.10 Å². The van der Waals surface area contributed by atoms with E-state index in [9.17, 15) is 0 Å². The molecule has 6 heteroatoms. The molecule has 0 fully saturated rings. The summed E-state index contributed by atoms with van der Waals surface area (Å²) in [6.07, 6.45) is 0. The fraction of sp³-hybridized carbons (Fsp3) is 0.273. The lowest BCUT2D eigenvalue weighted by Gasteiger charge is -2.04. The Morgan fingerprint density at radius 2 is 2.06 bits per heavy atom. The molecule has 1 aromatic heterocycles. The zero-order chi connectivity index (χ0) is 12.4. The summed E-state index contributed by atoms with van der Waals surface area (Å²) in [5.74, 6) is 1.25. The molecular formula is C11H12BrN3O2. The highest BCUT2D eigenvalue weighted by Crippen LogP contribution is 2.30. The number of nitrogens with zero attached hydrogens (tertiary/aromatic N) is 3. The van der Waals surface area contributed by atoms with E-state index in [2.05, 4.69) is 26.1 Å². The molecule has 17 heavy (non-hydrogen) atoms. The number of halogens is 1. The van der Waals surface area contributed by atoms with Crippen LogP contribution in [0.25, 0.3) is 11.5 Å². The van der Waals surface area contributed by atoms with Gasteiger partial charge in [0.25, 0.3) is 0 Å². The lowest BCUT2D eigenvalue weighted by Crippen LogP contribution is -2.08. The Kier molecular flexibility index (Phi) is 3.33. The van der Waals surface area contributed by atoms with Gasteiger partial charge in [0.15, 0.2) is 0 Å². The van der Waals surface area contributed by atoms with Crippen LogP contribution in [-0.2, 0) is 0 Å².